The quantitative estimate of drug-likeness (QED) is 0.783. The molecule has 1 aromatic heterocycles. The van der Waals surface area contributed by atoms with Crippen LogP contribution in [-0.2, 0) is 0 Å². The minimum absolute atomic E-state index is 0.553. The van der Waals surface area contributed by atoms with Gasteiger partial charge < -0.3 is 9.80 Å². The minimum atomic E-state index is 0.553. The van der Waals surface area contributed by atoms with Crippen LogP contribution in [0.2, 0.25) is 0 Å². The second kappa shape index (κ2) is 6.38. The predicted molar refractivity (Wildman–Crippen MR) is 77.4 cm³/mol. The summed E-state index contributed by atoms with van der Waals surface area (Å²) in [5, 5.41) is 10.2. The number of hydrogen-bond acceptors (Lipinski definition) is 5. The Morgan fingerprint density at radius 1 is 1.11 bits per heavy atom. The highest BCUT2D eigenvalue weighted by Crippen LogP contribution is 2.21. The van der Waals surface area contributed by atoms with Crippen LogP contribution in [-0.4, -0.2) is 53.6 Å². The molecule has 5 heteroatoms. The number of aromatic nitrogens is 2. The van der Waals surface area contributed by atoms with Crippen molar-refractivity contribution in [1.29, 1.82) is 0 Å². The fourth-order valence-electron chi connectivity index (χ4n) is 2.06. The topological polar surface area (TPSA) is 32.3 Å². The van der Waals surface area contributed by atoms with Crippen molar-refractivity contribution < 1.29 is 0 Å². The lowest BCUT2D eigenvalue weighted by Crippen LogP contribution is -2.29. The van der Waals surface area contributed by atoms with Gasteiger partial charge in [-0.3, -0.25) is 0 Å². The summed E-state index contributed by atoms with van der Waals surface area (Å²) in [7, 11) is 2.18. The van der Waals surface area contributed by atoms with Gasteiger partial charge in [-0.15, -0.1) is 22.0 Å². The van der Waals surface area contributed by atoms with Crippen molar-refractivity contribution in [2.45, 2.75) is 30.5 Å². The van der Waals surface area contributed by atoms with Gasteiger partial charge in [0.15, 0.2) is 5.82 Å². The summed E-state index contributed by atoms with van der Waals surface area (Å²) in [6.07, 6.45) is 1.20. The monoisotopic (exact) mass is 266 g/mol. The molecule has 1 aliphatic heterocycles. The molecule has 4 nitrogen and oxygen atoms in total. The Balaban J connectivity index is 2.00. The number of anilines is 1. The summed E-state index contributed by atoms with van der Waals surface area (Å²) in [5.41, 5.74) is 0. The Hall–Kier alpha value is -0.810. The Kier molecular flexibility index (Phi) is 4.83. The van der Waals surface area contributed by atoms with Gasteiger partial charge in [0.25, 0.3) is 0 Å². The molecule has 0 atom stereocenters. The summed E-state index contributed by atoms with van der Waals surface area (Å²) in [6.45, 7) is 8.74. The van der Waals surface area contributed by atoms with Gasteiger partial charge in [0, 0.05) is 24.9 Å². The number of rotatable bonds is 3. The standard InChI is InChI=1S/C13H22N4S/c1-11(2)18-13-6-5-12(14-15-13)17-8-4-7-16(3)9-10-17/h5-6,11H,4,7-10H2,1-3H3. The first kappa shape index (κ1) is 13.6. The fourth-order valence-corrected chi connectivity index (χ4v) is 2.78. The molecule has 0 bridgehead atoms. The Morgan fingerprint density at radius 3 is 2.61 bits per heavy atom. The van der Waals surface area contributed by atoms with E-state index in [1.54, 1.807) is 11.8 Å². The molecule has 0 spiro atoms. The van der Waals surface area contributed by atoms with Gasteiger partial charge >= 0.3 is 0 Å². The van der Waals surface area contributed by atoms with Crippen molar-refractivity contribution in [1.82, 2.24) is 15.1 Å². The molecule has 1 fully saturated rings. The van der Waals surface area contributed by atoms with E-state index >= 15 is 0 Å². The van der Waals surface area contributed by atoms with E-state index in [2.05, 4.69) is 53.0 Å². The minimum Gasteiger partial charge on any atom is -0.354 e. The summed E-state index contributed by atoms with van der Waals surface area (Å²) in [6, 6.07) is 4.19. The SMILES string of the molecule is CC(C)Sc1ccc(N2CCCN(C)CC2)nn1. The van der Waals surface area contributed by atoms with Crippen molar-refractivity contribution in [3.8, 4) is 0 Å². The fraction of sp³-hybridized carbons (Fsp3) is 0.692. The highest BCUT2D eigenvalue weighted by atomic mass is 32.2. The lowest BCUT2D eigenvalue weighted by Gasteiger charge is -2.21. The van der Waals surface area contributed by atoms with Crippen LogP contribution in [0, 0.1) is 0 Å². The molecule has 1 aliphatic rings. The largest absolute Gasteiger partial charge is 0.354 e. The molecule has 18 heavy (non-hydrogen) atoms. The van der Waals surface area contributed by atoms with Gasteiger partial charge in [-0.2, -0.15) is 0 Å². The second-order valence-corrected chi connectivity index (χ2v) is 6.64. The van der Waals surface area contributed by atoms with Crippen LogP contribution in [0.1, 0.15) is 20.3 Å². The zero-order valence-electron chi connectivity index (χ0n) is 11.5. The van der Waals surface area contributed by atoms with Crippen molar-refractivity contribution in [3.63, 3.8) is 0 Å². The molecule has 1 aromatic rings. The van der Waals surface area contributed by atoms with Crippen LogP contribution in [0.15, 0.2) is 17.2 Å². The molecule has 0 amide bonds. The van der Waals surface area contributed by atoms with Gasteiger partial charge in [-0.05, 0) is 32.1 Å². The van der Waals surface area contributed by atoms with Crippen molar-refractivity contribution in [2.24, 2.45) is 0 Å². The lowest BCUT2D eigenvalue weighted by atomic mass is 10.4. The highest BCUT2D eigenvalue weighted by molar-refractivity contribution is 7.99. The molecule has 1 saturated heterocycles. The van der Waals surface area contributed by atoms with E-state index in [4.69, 9.17) is 0 Å². The summed E-state index contributed by atoms with van der Waals surface area (Å²) in [5.74, 6) is 1.01. The molecule has 0 N–H and O–H groups in total. The van der Waals surface area contributed by atoms with Crippen LogP contribution < -0.4 is 4.90 Å². The molecule has 100 valence electrons. The third-order valence-corrected chi connectivity index (χ3v) is 3.96. The third-order valence-electron chi connectivity index (χ3n) is 3.03. The molecule has 0 radical (unpaired) electrons. The highest BCUT2D eigenvalue weighted by Gasteiger charge is 2.14. The molecular formula is C13H22N4S. The smallest absolute Gasteiger partial charge is 0.151 e. The van der Waals surface area contributed by atoms with Gasteiger partial charge in [0.05, 0.1) is 0 Å². The van der Waals surface area contributed by atoms with E-state index in [-0.39, 0.29) is 0 Å². The van der Waals surface area contributed by atoms with Crippen molar-refractivity contribution in [2.75, 3.05) is 38.1 Å². The molecule has 2 heterocycles. The first-order valence-electron chi connectivity index (χ1n) is 6.59. The van der Waals surface area contributed by atoms with Crippen molar-refractivity contribution >= 4 is 17.6 Å². The summed E-state index contributed by atoms with van der Waals surface area (Å²) in [4.78, 5) is 4.71. The maximum absolute atomic E-state index is 4.36. The number of hydrogen-bond donors (Lipinski definition) is 0. The van der Waals surface area contributed by atoms with Gasteiger partial charge in [-0.1, -0.05) is 13.8 Å². The van der Waals surface area contributed by atoms with E-state index < -0.39 is 0 Å². The number of likely N-dealkylation sites (N-methyl/N-ethyl adjacent to an activating group) is 1. The van der Waals surface area contributed by atoms with Crippen LogP contribution in [0.4, 0.5) is 5.82 Å². The number of nitrogens with zero attached hydrogens (tertiary/aromatic N) is 4. The molecule has 2 rings (SSSR count). The van der Waals surface area contributed by atoms with E-state index in [9.17, 15) is 0 Å². The molecule has 0 unspecified atom stereocenters. The van der Waals surface area contributed by atoms with Gasteiger partial charge in [-0.25, -0.2) is 0 Å². The normalized spacial score (nSPS) is 18.1. The number of thioether (sulfide) groups is 1. The second-order valence-electron chi connectivity index (χ2n) is 5.04. The summed E-state index contributed by atoms with van der Waals surface area (Å²) >= 11 is 1.76. The molecule has 0 aliphatic carbocycles. The van der Waals surface area contributed by atoms with Crippen LogP contribution in [0.5, 0.6) is 0 Å². The maximum atomic E-state index is 4.36. The van der Waals surface area contributed by atoms with Crippen LogP contribution in [0.25, 0.3) is 0 Å². The Morgan fingerprint density at radius 2 is 1.94 bits per heavy atom. The van der Waals surface area contributed by atoms with Crippen molar-refractivity contribution in [3.05, 3.63) is 12.1 Å². The summed E-state index contributed by atoms with van der Waals surface area (Å²) < 4.78 is 0. The maximum Gasteiger partial charge on any atom is 0.151 e. The predicted octanol–water partition coefficient (Wildman–Crippen LogP) is 2.12. The zero-order chi connectivity index (χ0) is 13.0. The van der Waals surface area contributed by atoms with Gasteiger partial charge in [0.2, 0.25) is 0 Å². The van der Waals surface area contributed by atoms with Crippen LogP contribution >= 0.6 is 11.8 Å². The average molecular weight is 266 g/mol. The van der Waals surface area contributed by atoms with E-state index in [1.165, 1.54) is 13.0 Å². The first-order valence-corrected chi connectivity index (χ1v) is 7.47. The Bertz CT molecular complexity index is 366. The van der Waals surface area contributed by atoms with Gasteiger partial charge in [0.1, 0.15) is 5.03 Å². The zero-order valence-corrected chi connectivity index (χ0v) is 12.3. The third kappa shape index (κ3) is 3.85. The molecule has 0 saturated carbocycles. The first-order chi connectivity index (χ1) is 8.65. The van der Waals surface area contributed by atoms with Crippen LogP contribution in [0.3, 0.4) is 0 Å². The van der Waals surface area contributed by atoms with E-state index in [0.717, 1.165) is 30.5 Å². The molecular weight excluding hydrogens is 244 g/mol. The Labute approximate surface area is 114 Å². The average Bonchev–Trinajstić information content (AvgIpc) is 2.54. The van der Waals surface area contributed by atoms with E-state index in [1.807, 2.05) is 0 Å². The lowest BCUT2D eigenvalue weighted by molar-refractivity contribution is 0.360. The van der Waals surface area contributed by atoms with E-state index in [0.29, 0.717) is 5.25 Å². The molecule has 0 aromatic carbocycles.